The highest BCUT2D eigenvalue weighted by atomic mass is 16.6. The fourth-order valence-electron chi connectivity index (χ4n) is 3.44. The van der Waals surface area contributed by atoms with Gasteiger partial charge < -0.3 is 10.4 Å². The first kappa shape index (κ1) is 22.4. The normalized spacial score (nSPS) is 10.8. The number of carbonyl (C=O) groups excluding carboxylic acids is 1. The van der Waals surface area contributed by atoms with Crippen LogP contribution in [0.5, 0.6) is 5.75 Å². The predicted octanol–water partition coefficient (Wildman–Crippen LogP) is 5.89. The molecule has 4 aromatic rings. The number of phenols is 1. The van der Waals surface area contributed by atoms with Crippen LogP contribution in [0.25, 0.3) is 0 Å². The average molecular weight is 451 g/mol. The van der Waals surface area contributed by atoms with E-state index in [0.29, 0.717) is 28.9 Å². The molecule has 0 radical (unpaired) electrons. The largest absolute Gasteiger partial charge is 0.502 e. The van der Waals surface area contributed by atoms with Crippen LogP contribution < -0.4 is 5.32 Å². The van der Waals surface area contributed by atoms with Crippen molar-refractivity contribution in [3.05, 3.63) is 129 Å². The number of rotatable bonds is 7. The quantitative estimate of drug-likeness (QED) is 0.207. The van der Waals surface area contributed by atoms with Gasteiger partial charge in [-0.15, -0.1) is 0 Å². The Kier molecular flexibility index (Phi) is 6.74. The van der Waals surface area contributed by atoms with Crippen molar-refractivity contribution in [1.82, 2.24) is 0 Å². The average Bonchev–Trinajstić information content (AvgIpc) is 2.86. The van der Waals surface area contributed by atoms with Crippen molar-refractivity contribution in [2.75, 3.05) is 5.32 Å². The molecule has 0 aliphatic heterocycles. The Morgan fingerprint density at radius 1 is 0.912 bits per heavy atom. The first-order valence-corrected chi connectivity index (χ1v) is 10.5. The number of amides is 1. The smallest absolute Gasteiger partial charge is 0.311 e. The van der Waals surface area contributed by atoms with Crippen LogP contribution in [0.3, 0.4) is 0 Å². The number of anilines is 1. The highest BCUT2D eigenvalue weighted by molar-refractivity contribution is 6.04. The molecular formula is C27H21N3O4. The molecule has 34 heavy (non-hydrogen) atoms. The molecule has 0 saturated heterocycles. The Hall–Kier alpha value is -4.78. The highest BCUT2D eigenvalue weighted by Crippen LogP contribution is 2.31. The number of nitro groups is 1. The SMILES string of the molecule is O=C(Nc1ccc(N=Cc2cc(Cc3ccccc3)cc([N+](=O)[O-])c2O)cc1)c1ccccc1. The minimum absolute atomic E-state index is 0.218. The summed E-state index contributed by atoms with van der Waals surface area (Å²) in [6.45, 7) is 0. The van der Waals surface area contributed by atoms with Gasteiger partial charge in [-0.25, -0.2) is 0 Å². The van der Waals surface area contributed by atoms with Crippen molar-refractivity contribution in [3.8, 4) is 5.75 Å². The number of nitrogens with zero attached hydrogens (tertiary/aromatic N) is 2. The molecule has 0 aliphatic carbocycles. The maximum atomic E-state index is 12.3. The number of nitro benzene ring substituents is 1. The number of phenolic OH excluding ortho intramolecular Hbond substituents is 1. The van der Waals surface area contributed by atoms with Gasteiger partial charge in [0.1, 0.15) is 0 Å². The molecule has 0 aromatic heterocycles. The molecule has 4 aromatic carbocycles. The molecule has 0 atom stereocenters. The van der Waals surface area contributed by atoms with Gasteiger partial charge in [-0.1, -0.05) is 48.5 Å². The summed E-state index contributed by atoms with van der Waals surface area (Å²) < 4.78 is 0. The second-order valence-electron chi connectivity index (χ2n) is 7.60. The van der Waals surface area contributed by atoms with Gasteiger partial charge in [-0.3, -0.25) is 19.9 Å². The number of hydrogen-bond acceptors (Lipinski definition) is 5. The van der Waals surface area contributed by atoms with E-state index < -0.39 is 10.7 Å². The standard InChI is InChI=1S/C27H21N3O4/c31-26-22(16-20(17-25(26)30(33)34)15-19-7-3-1-4-8-19)18-28-23-11-13-24(14-12-23)29-27(32)21-9-5-2-6-10-21/h1-14,16-18,31H,15H2,(H,29,32). The van der Waals surface area contributed by atoms with E-state index in [2.05, 4.69) is 10.3 Å². The van der Waals surface area contributed by atoms with E-state index in [9.17, 15) is 20.0 Å². The number of hydrogen-bond donors (Lipinski definition) is 2. The number of aliphatic imine (C=N–C) groups is 1. The van der Waals surface area contributed by atoms with Gasteiger partial charge in [0.05, 0.1) is 10.6 Å². The third-order valence-electron chi connectivity index (χ3n) is 5.14. The predicted molar refractivity (Wildman–Crippen MR) is 132 cm³/mol. The second kappa shape index (κ2) is 10.2. The summed E-state index contributed by atoms with van der Waals surface area (Å²) in [6.07, 6.45) is 1.88. The van der Waals surface area contributed by atoms with Crippen molar-refractivity contribution >= 4 is 29.2 Å². The monoisotopic (exact) mass is 451 g/mol. The van der Waals surface area contributed by atoms with Crippen LogP contribution in [0, 0.1) is 10.1 Å². The zero-order valence-corrected chi connectivity index (χ0v) is 18.1. The molecule has 4 rings (SSSR count). The van der Waals surface area contributed by atoms with Crippen LogP contribution in [-0.2, 0) is 6.42 Å². The van der Waals surface area contributed by atoms with Crippen molar-refractivity contribution in [1.29, 1.82) is 0 Å². The van der Waals surface area contributed by atoms with Crippen LogP contribution >= 0.6 is 0 Å². The Labute approximate surface area is 196 Å². The van der Waals surface area contributed by atoms with E-state index in [0.717, 1.165) is 5.56 Å². The molecular weight excluding hydrogens is 430 g/mol. The Morgan fingerprint density at radius 3 is 2.21 bits per heavy atom. The van der Waals surface area contributed by atoms with Crippen molar-refractivity contribution < 1.29 is 14.8 Å². The lowest BCUT2D eigenvalue weighted by atomic mass is 10.0. The molecule has 0 heterocycles. The van der Waals surface area contributed by atoms with Crippen molar-refractivity contribution in [2.24, 2.45) is 4.99 Å². The van der Waals surface area contributed by atoms with Crippen LogP contribution in [-0.4, -0.2) is 22.2 Å². The maximum Gasteiger partial charge on any atom is 0.311 e. The Bertz CT molecular complexity index is 1340. The lowest BCUT2D eigenvalue weighted by molar-refractivity contribution is -0.385. The maximum absolute atomic E-state index is 12.3. The van der Waals surface area contributed by atoms with Crippen molar-refractivity contribution in [3.63, 3.8) is 0 Å². The number of aromatic hydroxyl groups is 1. The third kappa shape index (κ3) is 5.52. The zero-order valence-electron chi connectivity index (χ0n) is 18.1. The van der Waals surface area contributed by atoms with E-state index in [4.69, 9.17) is 0 Å². The van der Waals surface area contributed by atoms with Gasteiger partial charge in [0.15, 0.2) is 0 Å². The van der Waals surface area contributed by atoms with Gasteiger partial charge in [0.2, 0.25) is 5.75 Å². The summed E-state index contributed by atoms with van der Waals surface area (Å²) in [5, 5.41) is 24.7. The summed E-state index contributed by atoms with van der Waals surface area (Å²) in [5.41, 5.74) is 3.30. The molecule has 0 bridgehead atoms. The molecule has 0 unspecified atom stereocenters. The summed E-state index contributed by atoms with van der Waals surface area (Å²) >= 11 is 0. The van der Waals surface area contributed by atoms with Crippen LogP contribution in [0.1, 0.15) is 27.0 Å². The molecule has 1 amide bonds. The van der Waals surface area contributed by atoms with E-state index >= 15 is 0 Å². The molecule has 7 heteroatoms. The third-order valence-corrected chi connectivity index (χ3v) is 5.14. The van der Waals surface area contributed by atoms with Crippen LogP contribution in [0.15, 0.2) is 102 Å². The first-order valence-electron chi connectivity index (χ1n) is 10.5. The van der Waals surface area contributed by atoms with Gasteiger partial charge in [0, 0.05) is 29.1 Å². The molecule has 0 saturated carbocycles. The molecule has 0 aliphatic rings. The summed E-state index contributed by atoms with van der Waals surface area (Å²) in [5.74, 6) is -0.651. The molecule has 0 spiro atoms. The highest BCUT2D eigenvalue weighted by Gasteiger charge is 2.18. The minimum Gasteiger partial charge on any atom is -0.502 e. The van der Waals surface area contributed by atoms with Gasteiger partial charge in [-0.2, -0.15) is 0 Å². The Balaban J connectivity index is 1.53. The first-order chi connectivity index (χ1) is 16.5. The van der Waals surface area contributed by atoms with E-state index in [1.807, 2.05) is 36.4 Å². The fourth-order valence-corrected chi connectivity index (χ4v) is 3.44. The van der Waals surface area contributed by atoms with Gasteiger partial charge >= 0.3 is 5.69 Å². The fraction of sp³-hybridized carbons (Fsp3) is 0.0370. The second-order valence-corrected chi connectivity index (χ2v) is 7.60. The van der Waals surface area contributed by atoms with Crippen molar-refractivity contribution in [2.45, 2.75) is 6.42 Å². The van der Waals surface area contributed by atoms with Gasteiger partial charge in [-0.05, 0) is 60.0 Å². The zero-order chi connectivity index (χ0) is 23.9. The summed E-state index contributed by atoms with van der Waals surface area (Å²) in [7, 11) is 0. The lowest BCUT2D eigenvalue weighted by Crippen LogP contribution is -2.11. The molecule has 168 valence electrons. The minimum atomic E-state index is -0.606. The number of nitrogens with one attached hydrogen (secondary N) is 1. The van der Waals surface area contributed by atoms with E-state index in [1.165, 1.54) is 12.3 Å². The Morgan fingerprint density at radius 2 is 1.56 bits per heavy atom. The number of benzene rings is 4. The van der Waals surface area contributed by atoms with Gasteiger partial charge in [0.25, 0.3) is 5.91 Å². The topological polar surface area (TPSA) is 105 Å². The number of carbonyl (C=O) groups is 1. The summed E-state index contributed by atoms with van der Waals surface area (Å²) in [6, 6.07) is 28.4. The van der Waals surface area contributed by atoms with E-state index in [-0.39, 0.29) is 17.2 Å². The molecule has 2 N–H and O–H groups in total. The summed E-state index contributed by atoms with van der Waals surface area (Å²) in [4.78, 5) is 27.5. The lowest BCUT2D eigenvalue weighted by Gasteiger charge is -2.07. The molecule has 0 fully saturated rings. The molecule has 7 nitrogen and oxygen atoms in total. The van der Waals surface area contributed by atoms with E-state index in [1.54, 1.807) is 54.6 Å². The van der Waals surface area contributed by atoms with Crippen LogP contribution in [0.2, 0.25) is 0 Å². The van der Waals surface area contributed by atoms with Crippen LogP contribution in [0.4, 0.5) is 17.1 Å².